The maximum atomic E-state index is 12.6. The van der Waals surface area contributed by atoms with Gasteiger partial charge >= 0.3 is 0 Å². The minimum Gasteiger partial charge on any atom is -0.341 e. The molecule has 1 aromatic carbocycles. The normalized spacial score (nSPS) is 15.4. The van der Waals surface area contributed by atoms with E-state index in [1.807, 2.05) is 18.0 Å². The van der Waals surface area contributed by atoms with E-state index in [2.05, 4.69) is 30.9 Å². The fourth-order valence-electron chi connectivity index (χ4n) is 2.85. The van der Waals surface area contributed by atoms with Crippen LogP contribution in [0.15, 0.2) is 30.4 Å². The third-order valence-electron chi connectivity index (χ3n) is 4.34. The molecule has 0 saturated carbocycles. The van der Waals surface area contributed by atoms with Crippen LogP contribution >= 0.6 is 35.6 Å². The highest BCUT2D eigenvalue weighted by Crippen LogP contribution is 2.23. The third kappa shape index (κ3) is 5.66. The van der Waals surface area contributed by atoms with Crippen molar-refractivity contribution in [2.24, 2.45) is 5.92 Å². The van der Waals surface area contributed by atoms with E-state index in [-0.39, 0.29) is 24.4 Å². The molecule has 1 aliphatic rings. The van der Waals surface area contributed by atoms with Crippen molar-refractivity contribution >= 4 is 41.5 Å². The summed E-state index contributed by atoms with van der Waals surface area (Å²) in [6.45, 7) is 7.17. The van der Waals surface area contributed by atoms with Crippen molar-refractivity contribution in [1.82, 2.24) is 9.80 Å². The second-order valence-corrected chi connectivity index (χ2v) is 7.25. The van der Waals surface area contributed by atoms with Crippen LogP contribution in [0.1, 0.15) is 19.4 Å². The Kier molecular flexibility index (Phi) is 8.58. The molecular formula is C18H25Cl3N2O. The van der Waals surface area contributed by atoms with Crippen molar-refractivity contribution in [3.63, 3.8) is 0 Å². The van der Waals surface area contributed by atoms with Gasteiger partial charge in [0, 0.05) is 32.7 Å². The van der Waals surface area contributed by atoms with Gasteiger partial charge in [-0.25, -0.2) is 0 Å². The quantitative estimate of drug-likeness (QED) is 0.675. The predicted molar refractivity (Wildman–Crippen MR) is 104 cm³/mol. The second kappa shape index (κ2) is 9.67. The first-order valence-corrected chi connectivity index (χ1v) is 8.71. The van der Waals surface area contributed by atoms with Crippen molar-refractivity contribution in [1.29, 1.82) is 0 Å². The average Bonchev–Trinajstić information content (AvgIpc) is 3.00. The highest BCUT2D eigenvalue weighted by molar-refractivity contribution is 6.42. The minimum absolute atomic E-state index is 0. The van der Waals surface area contributed by atoms with E-state index < -0.39 is 0 Å². The third-order valence-corrected chi connectivity index (χ3v) is 5.08. The number of carbonyl (C=O) groups excluding carboxylic acids is 1. The van der Waals surface area contributed by atoms with Gasteiger partial charge in [-0.3, -0.25) is 9.69 Å². The lowest BCUT2D eigenvalue weighted by atomic mass is 10.0. The molecule has 1 aromatic rings. The summed E-state index contributed by atoms with van der Waals surface area (Å²) >= 11 is 12.0. The Hall–Kier alpha value is -0.740. The van der Waals surface area contributed by atoms with Crippen LogP contribution in [0.2, 0.25) is 10.0 Å². The number of rotatable bonds is 6. The Bertz CT molecular complexity index is 582. The van der Waals surface area contributed by atoms with Gasteiger partial charge in [0.05, 0.1) is 16.5 Å². The molecule has 1 aliphatic heterocycles. The van der Waals surface area contributed by atoms with Gasteiger partial charge < -0.3 is 4.90 Å². The zero-order chi connectivity index (χ0) is 17.0. The van der Waals surface area contributed by atoms with Crippen molar-refractivity contribution < 1.29 is 4.79 Å². The zero-order valence-electron chi connectivity index (χ0n) is 14.3. The number of halogens is 3. The smallest absolute Gasteiger partial charge is 0.227 e. The predicted octanol–water partition coefficient (Wildman–Crippen LogP) is 4.31. The van der Waals surface area contributed by atoms with E-state index in [9.17, 15) is 4.79 Å². The Labute approximate surface area is 161 Å². The largest absolute Gasteiger partial charge is 0.341 e. The topological polar surface area (TPSA) is 23.6 Å². The maximum absolute atomic E-state index is 12.6. The first kappa shape index (κ1) is 21.3. The van der Waals surface area contributed by atoms with Gasteiger partial charge in [-0.15, -0.1) is 12.4 Å². The summed E-state index contributed by atoms with van der Waals surface area (Å²) < 4.78 is 0. The molecular weight excluding hydrogens is 367 g/mol. The number of carbonyl (C=O) groups is 1. The number of hydrogen-bond acceptors (Lipinski definition) is 2. The van der Waals surface area contributed by atoms with Crippen molar-refractivity contribution in [3.8, 4) is 0 Å². The van der Waals surface area contributed by atoms with Crippen LogP contribution in [0, 0.1) is 5.92 Å². The summed E-state index contributed by atoms with van der Waals surface area (Å²) in [6, 6.07) is 5.56. The molecule has 0 bridgehead atoms. The second-order valence-electron chi connectivity index (χ2n) is 6.43. The van der Waals surface area contributed by atoms with Crippen LogP contribution < -0.4 is 0 Å². The van der Waals surface area contributed by atoms with E-state index in [4.69, 9.17) is 23.2 Å². The molecule has 134 valence electrons. The fraction of sp³-hybridized carbons (Fsp3) is 0.500. The number of nitrogens with zero attached hydrogens (tertiary/aromatic N) is 2. The Morgan fingerprint density at radius 1 is 1.21 bits per heavy atom. The monoisotopic (exact) mass is 390 g/mol. The van der Waals surface area contributed by atoms with E-state index in [0.29, 0.717) is 22.4 Å². The summed E-state index contributed by atoms with van der Waals surface area (Å²) in [6.07, 6.45) is 4.69. The molecule has 0 spiro atoms. The molecule has 0 aliphatic carbocycles. The molecule has 0 aromatic heterocycles. The van der Waals surface area contributed by atoms with Gasteiger partial charge in [-0.05, 0) is 23.6 Å². The molecule has 0 unspecified atom stereocenters. The zero-order valence-corrected chi connectivity index (χ0v) is 16.7. The number of hydrogen-bond donors (Lipinski definition) is 0. The first-order chi connectivity index (χ1) is 10.9. The number of likely N-dealkylation sites (N-methyl/N-ethyl adjacent to an activating group) is 1. The van der Waals surface area contributed by atoms with E-state index in [1.165, 1.54) is 0 Å². The average molecular weight is 392 g/mol. The van der Waals surface area contributed by atoms with Gasteiger partial charge in [0.2, 0.25) is 5.91 Å². The summed E-state index contributed by atoms with van der Waals surface area (Å²) in [7, 11) is 1.90. The molecule has 1 atom stereocenters. The summed E-state index contributed by atoms with van der Waals surface area (Å²) in [5.74, 6) is 0.507. The number of benzene rings is 1. The maximum Gasteiger partial charge on any atom is 0.227 e. The van der Waals surface area contributed by atoms with Gasteiger partial charge in [0.15, 0.2) is 0 Å². The summed E-state index contributed by atoms with van der Waals surface area (Å²) in [5.41, 5.74) is 0.890. The molecule has 24 heavy (non-hydrogen) atoms. The van der Waals surface area contributed by atoms with E-state index >= 15 is 0 Å². The molecule has 2 rings (SSSR count). The van der Waals surface area contributed by atoms with Crippen molar-refractivity contribution in [3.05, 3.63) is 46.0 Å². The van der Waals surface area contributed by atoms with Crippen LogP contribution in [-0.4, -0.2) is 48.4 Å². The van der Waals surface area contributed by atoms with Crippen LogP contribution in [0.4, 0.5) is 0 Å². The Morgan fingerprint density at radius 2 is 1.83 bits per heavy atom. The lowest BCUT2D eigenvalue weighted by molar-refractivity contribution is -0.132. The molecule has 0 radical (unpaired) electrons. The lowest BCUT2D eigenvalue weighted by Gasteiger charge is -2.34. The Morgan fingerprint density at radius 3 is 2.38 bits per heavy atom. The van der Waals surface area contributed by atoms with Crippen LogP contribution in [0.3, 0.4) is 0 Å². The van der Waals surface area contributed by atoms with E-state index in [1.54, 1.807) is 12.1 Å². The molecule has 1 heterocycles. The molecule has 3 nitrogen and oxygen atoms in total. The van der Waals surface area contributed by atoms with Gasteiger partial charge in [-0.1, -0.05) is 55.3 Å². The van der Waals surface area contributed by atoms with Crippen LogP contribution in [-0.2, 0) is 11.2 Å². The molecule has 6 heteroatoms. The highest BCUT2D eigenvalue weighted by atomic mass is 35.5. The SMILES string of the molecule is CC(C)[C@@H](CN1CC=CC1)N(C)C(=O)Cc1ccc(Cl)c(Cl)c1.Cl. The number of amides is 1. The molecule has 1 amide bonds. The minimum atomic E-state index is 0. The highest BCUT2D eigenvalue weighted by Gasteiger charge is 2.25. The summed E-state index contributed by atoms with van der Waals surface area (Å²) in [4.78, 5) is 16.9. The fourth-order valence-corrected chi connectivity index (χ4v) is 3.17. The molecule has 0 N–H and O–H groups in total. The standard InChI is InChI=1S/C18H24Cl2N2O.ClH/c1-13(2)17(12-22-8-4-5-9-22)21(3)18(23)11-14-6-7-15(19)16(20)10-14;/h4-7,10,13,17H,8-9,11-12H2,1-3H3;1H/t17-;/m1./s1. The Balaban J connectivity index is 0.00000288. The van der Waals surface area contributed by atoms with E-state index in [0.717, 1.165) is 25.2 Å². The van der Waals surface area contributed by atoms with Crippen LogP contribution in [0.5, 0.6) is 0 Å². The van der Waals surface area contributed by atoms with Gasteiger partial charge in [-0.2, -0.15) is 0 Å². The van der Waals surface area contributed by atoms with Gasteiger partial charge in [0.25, 0.3) is 0 Å². The van der Waals surface area contributed by atoms with Gasteiger partial charge in [0.1, 0.15) is 0 Å². The van der Waals surface area contributed by atoms with Crippen molar-refractivity contribution in [2.75, 3.05) is 26.7 Å². The molecule has 0 saturated heterocycles. The molecule has 0 fully saturated rings. The van der Waals surface area contributed by atoms with Crippen molar-refractivity contribution in [2.45, 2.75) is 26.3 Å². The van der Waals surface area contributed by atoms with Crippen LogP contribution in [0.25, 0.3) is 0 Å². The summed E-state index contributed by atoms with van der Waals surface area (Å²) in [5, 5.41) is 1.00. The first-order valence-electron chi connectivity index (χ1n) is 7.95. The lowest BCUT2D eigenvalue weighted by Crippen LogP contribution is -2.47.